The van der Waals surface area contributed by atoms with Crippen molar-refractivity contribution in [3.63, 3.8) is 0 Å². The van der Waals surface area contributed by atoms with Crippen LogP contribution < -0.4 is 0 Å². The minimum atomic E-state index is -1.31. The van der Waals surface area contributed by atoms with Gasteiger partial charge in [-0.2, -0.15) is 0 Å². The summed E-state index contributed by atoms with van der Waals surface area (Å²) in [7, 11) is 1.38. The molecule has 0 saturated carbocycles. The molecule has 0 bridgehead atoms. The molecule has 1 N–H and O–H groups in total. The van der Waals surface area contributed by atoms with Crippen LogP contribution in [0, 0.1) is 5.41 Å². The first-order valence-corrected chi connectivity index (χ1v) is 9.38. The first-order valence-electron chi connectivity index (χ1n) is 9.38. The standard InChI is InChI=1S/C24H32O3/c1-22(2,3)18-14-11-15-19(16-18)24(21(26)27-7,20(25)23(4,5)6)17-12-9-8-10-13-17/h8-16,20,25H,1-7H3. The summed E-state index contributed by atoms with van der Waals surface area (Å²) in [6, 6.07) is 17.4. The lowest BCUT2D eigenvalue weighted by Gasteiger charge is -2.43. The van der Waals surface area contributed by atoms with Crippen molar-refractivity contribution in [1.29, 1.82) is 0 Å². The summed E-state index contributed by atoms with van der Waals surface area (Å²) < 4.78 is 5.27. The number of rotatable bonds is 4. The molecule has 0 aliphatic carbocycles. The molecule has 0 aromatic heterocycles. The van der Waals surface area contributed by atoms with Gasteiger partial charge in [-0.3, -0.25) is 4.79 Å². The zero-order valence-corrected chi connectivity index (χ0v) is 17.5. The van der Waals surface area contributed by atoms with Gasteiger partial charge in [0.1, 0.15) is 5.41 Å². The third-order valence-corrected chi connectivity index (χ3v) is 5.15. The Balaban J connectivity index is 2.90. The monoisotopic (exact) mass is 368 g/mol. The number of hydrogen-bond donors (Lipinski definition) is 1. The molecule has 0 aliphatic heterocycles. The summed E-state index contributed by atoms with van der Waals surface area (Å²) in [6.07, 6.45) is -0.977. The van der Waals surface area contributed by atoms with E-state index in [1.54, 1.807) is 0 Å². The van der Waals surface area contributed by atoms with Gasteiger partial charge in [0.25, 0.3) is 0 Å². The highest BCUT2D eigenvalue weighted by molar-refractivity contribution is 5.89. The summed E-state index contributed by atoms with van der Waals surface area (Å²) in [5, 5.41) is 11.5. The Morgan fingerprint density at radius 1 is 0.852 bits per heavy atom. The second-order valence-corrected chi connectivity index (χ2v) is 9.26. The maximum Gasteiger partial charge on any atom is 0.323 e. The van der Waals surface area contributed by atoms with Gasteiger partial charge in [-0.25, -0.2) is 0 Å². The highest BCUT2D eigenvalue weighted by Gasteiger charge is 2.53. The number of carbonyl (C=O) groups is 1. The van der Waals surface area contributed by atoms with Crippen LogP contribution in [0.25, 0.3) is 0 Å². The topological polar surface area (TPSA) is 46.5 Å². The van der Waals surface area contributed by atoms with E-state index < -0.39 is 22.9 Å². The van der Waals surface area contributed by atoms with Crippen molar-refractivity contribution in [1.82, 2.24) is 0 Å². The third-order valence-electron chi connectivity index (χ3n) is 5.15. The molecule has 0 saturated heterocycles. The van der Waals surface area contributed by atoms with E-state index in [2.05, 4.69) is 26.8 Å². The van der Waals surface area contributed by atoms with Crippen molar-refractivity contribution < 1.29 is 14.6 Å². The van der Waals surface area contributed by atoms with Gasteiger partial charge in [-0.15, -0.1) is 0 Å². The van der Waals surface area contributed by atoms with Crippen LogP contribution in [0.4, 0.5) is 0 Å². The summed E-state index contributed by atoms with van der Waals surface area (Å²) in [5.41, 5.74) is 0.643. The molecule has 2 aromatic carbocycles. The molecule has 146 valence electrons. The molecule has 2 atom stereocenters. The maximum atomic E-state index is 13.3. The predicted molar refractivity (Wildman–Crippen MR) is 110 cm³/mol. The molecule has 0 spiro atoms. The summed E-state index contributed by atoms with van der Waals surface area (Å²) in [6.45, 7) is 12.2. The minimum absolute atomic E-state index is 0.0821. The van der Waals surface area contributed by atoms with Gasteiger partial charge in [0, 0.05) is 0 Å². The zero-order chi connectivity index (χ0) is 20.5. The molecule has 27 heavy (non-hydrogen) atoms. The SMILES string of the molecule is COC(=O)C(c1ccccc1)(c1cccc(C(C)(C)C)c1)C(O)C(C)(C)C. The summed E-state index contributed by atoms with van der Waals surface area (Å²) in [4.78, 5) is 13.3. The third kappa shape index (κ3) is 3.93. The first-order chi connectivity index (χ1) is 12.5. The van der Waals surface area contributed by atoms with Gasteiger partial charge in [-0.05, 0) is 27.5 Å². The number of methoxy groups -OCH3 is 1. The molecule has 0 heterocycles. The highest BCUT2D eigenvalue weighted by atomic mass is 16.5. The molecule has 0 fully saturated rings. The smallest absolute Gasteiger partial charge is 0.323 e. The molecule has 3 heteroatoms. The molecule has 2 unspecified atom stereocenters. The van der Waals surface area contributed by atoms with Crippen molar-refractivity contribution >= 4 is 5.97 Å². The van der Waals surface area contributed by atoms with E-state index in [1.807, 2.05) is 69.3 Å². The fraction of sp³-hybridized carbons (Fsp3) is 0.458. The van der Waals surface area contributed by atoms with Gasteiger partial charge in [-0.1, -0.05) is 96.1 Å². The van der Waals surface area contributed by atoms with Crippen LogP contribution in [0.2, 0.25) is 0 Å². The van der Waals surface area contributed by atoms with Crippen molar-refractivity contribution in [3.05, 3.63) is 71.3 Å². The van der Waals surface area contributed by atoms with Crippen LogP contribution in [0.15, 0.2) is 54.6 Å². The molecular weight excluding hydrogens is 336 g/mol. The number of aliphatic hydroxyl groups is 1. The van der Waals surface area contributed by atoms with Crippen LogP contribution in [0.5, 0.6) is 0 Å². The Bertz CT molecular complexity index is 781. The Morgan fingerprint density at radius 3 is 1.85 bits per heavy atom. The van der Waals surface area contributed by atoms with Gasteiger partial charge in [0.2, 0.25) is 0 Å². The Hall–Kier alpha value is -2.13. The Labute approximate surface area is 163 Å². The van der Waals surface area contributed by atoms with Gasteiger partial charge in [0.15, 0.2) is 0 Å². The van der Waals surface area contributed by atoms with E-state index in [0.29, 0.717) is 0 Å². The quantitative estimate of drug-likeness (QED) is 0.785. The molecule has 2 aromatic rings. The van der Waals surface area contributed by atoms with Crippen LogP contribution in [0.3, 0.4) is 0 Å². The van der Waals surface area contributed by atoms with Crippen LogP contribution >= 0.6 is 0 Å². The summed E-state index contributed by atoms with van der Waals surface area (Å²) >= 11 is 0. The van der Waals surface area contributed by atoms with E-state index in [9.17, 15) is 9.90 Å². The van der Waals surface area contributed by atoms with E-state index in [0.717, 1.165) is 16.7 Å². The van der Waals surface area contributed by atoms with E-state index >= 15 is 0 Å². The lowest BCUT2D eigenvalue weighted by atomic mass is 9.63. The highest BCUT2D eigenvalue weighted by Crippen LogP contribution is 2.44. The normalized spacial score (nSPS) is 15.7. The largest absolute Gasteiger partial charge is 0.468 e. The molecule has 0 amide bonds. The second kappa shape index (κ2) is 7.47. The van der Waals surface area contributed by atoms with Crippen LogP contribution in [-0.2, 0) is 20.4 Å². The van der Waals surface area contributed by atoms with Crippen molar-refractivity contribution in [3.8, 4) is 0 Å². The fourth-order valence-corrected chi connectivity index (χ4v) is 3.57. The van der Waals surface area contributed by atoms with Crippen molar-refractivity contribution in [2.45, 2.75) is 58.5 Å². The Kier molecular flexibility index (Phi) is 5.86. The molecule has 0 aliphatic rings. The van der Waals surface area contributed by atoms with Crippen molar-refractivity contribution in [2.75, 3.05) is 7.11 Å². The number of carbonyl (C=O) groups excluding carboxylic acids is 1. The lowest BCUT2D eigenvalue weighted by Crippen LogP contribution is -2.53. The van der Waals surface area contributed by atoms with Crippen molar-refractivity contribution in [2.24, 2.45) is 5.41 Å². The lowest BCUT2D eigenvalue weighted by molar-refractivity contribution is -0.153. The average Bonchev–Trinajstić information content (AvgIpc) is 2.61. The van der Waals surface area contributed by atoms with E-state index in [4.69, 9.17) is 4.74 Å². The van der Waals surface area contributed by atoms with Gasteiger partial charge >= 0.3 is 5.97 Å². The number of ether oxygens (including phenoxy) is 1. The van der Waals surface area contributed by atoms with Gasteiger partial charge in [0.05, 0.1) is 13.2 Å². The summed E-state index contributed by atoms with van der Waals surface area (Å²) in [5.74, 6) is -0.456. The Morgan fingerprint density at radius 2 is 1.37 bits per heavy atom. The zero-order valence-electron chi connectivity index (χ0n) is 17.5. The molecular formula is C24H32O3. The number of benzene rings is 2. The maximum absolute atomic E-state index is 13.3. The molecule has 2 rings (SSSR count). The number of aliphatic hydroxyl groups excluding tert-OH is 1. The van der Waals surface area contributed by atoms with Crippen LogP contribution in [-0.4, -0.2) is 24.3 Å². The van der Waals surface area contributed by atoms with Crippen LogP contribution in [0.1, 0.15) is 58.2 Å². The number of hydrogen-bond acceptors (Lipinski definition) is 3. The fourth-order valence-electron chi connectivity index (χ4n) is 3.57. The van der Waals surface area contributed by atoms with E-state index in [-0.39, 0.29) is 5.41 Å². The second-order valence-electron chi connectivity index (χ2n) is 9.26. The molecule has 3 nitrogen and oxygen atoms in total. The first kappa shape index (κ1) is 21.2. The average molecular weight is 369 g/mol. The molecule has 0 radical (unpaired) electrons. The van der Waals surface area contributed by atoms with Gasteiger partial charge < -0.3 is 9.84 Å². The number of esters is 1. The van der Waals surface area contributed by atoms with E-state index in [1.165, 1.54) is 7.11 Å². The predicted octanol–water partition coefficient (Wildman–Crippen LogP) is 4.85. The minimum Gasteiger partial charge on any atom is -0.468 e.